The highest BCUT2D eigenvalue weighted by Crippen LogP contribution is 2.29. The molecule has 0 spiro atoms. The first-order valence-corrected chi connectivity index (χ1v) is 8.45. The zero-order valence-electron chi connectivity index (χ0n) is 13.1. The van der Waals surface area contributed by atoms with E-state index in [0.29, 0.717) is 11.4 Å². The van der Waals surface area contributed by atoms with Gasteiger partial charge in [0.25, 0.3) is 0 Å². The van der Waals surface area contributed by atoms with Crippen LogP contribution in [0.3, 0.4) is 0 Å². The summed E-state index contributed by atoms with van der Waals surface area (Å²) in [5, 5.41) is 3.50. The van der Waals surface area contributed by atoms with E-state index in [4.69, 9.17) is 9.47 Å². The molecule has 114 valence electrons. The molecule has 0 saturated carbocycles. The van der Waals surface area contributed by atoms with Crippen LogP contribution in [0.4, 0.5) is 0 Å². The van der Waals surface area contributed by atoms with Crippen molar-refractivity contribution in [1.29, 1.82) is 0 Å². The molecule has 0 bridgehead atoms. The highest BCUT2D eigenvalue weighted by Gasteiger charge is 2.23. The summed E-state index contributed by atoms with van der Waals surface area (Å²) < 4.78 is 11.2. The predicted molar refractivity (Wildman–Crippen MR) is 88.2 cm³/mol. The zero-order valence-corrected chi connectivity index (χ0v) is 13.9. The lowest BCUT2D eigenvalue weighted by molar-refractivity contribution is 0.309. The van der Waals surface area contributed by atoms with Crippen molar-refractivity contribution >= 4 is 11.8 Å². The van der Waals surface area contributed by atoms with Crippen LogP contribution < -0.4 is 14.8 Å². The Labute approximate surface area is 127 Å². The van der Waals surface area contributed by atoms with Gasteiger partial charge in [0.15, 0.2) is 0 Å². The van der Waals surface area contributed by atoms with Crippen LogP contribution >= 0.6 is 11.8 Å². The molecule has 0 fully saturated rings. The van der Waals surface area contributed by atoms with Gasteiger partial charge < -0.3 is 14.8 Å². The van der Waals surface area contributed by atoms with Crippen molar-refractivity contribution in [3.63, 3.8) is 0 Å². The summed E-state index contributed by atoms with van der Waals surface area (Å²) in [6, 6.07) is 7.69. The van der Waals surface area contributed by atoms with Gasteiger partial charge in [-0.25, -0.2) is 0 Å². The molecule has 0 aliphatic rings. The molecule has 20 heavy (non-hydrogen) atoms. The standard InChI is InChI=1S/C16H27NO2S/c1-5-16(6-2,20-4)13-17-11-12-19-15-9-7-14(18-3)8-10-15/h7-10,17H,5-6,11-13H2,1-4H3. The van der Waals surface area contributed by atoms with Crippen LogP contribution in [0.25, 0.3) is 0 Å². The summed E-state index contributed by atoms with van der Waals surface area (Å²) in [7, 11) is 1.67. The first kappa shape index (κ1) is 17.2. The Bertz CT molecular complexity index is 355. The SMILES string of the molecule is CCC(CC)(CNCCOc1ccc(OC)cc1)SC. The second-order valence-electron chi connectivity index (χ2n) is 4.80. The second kappa shape index (κ2) is 9.14. The van der Waals surface area contributed by atoms with Crippen LogP contribution in [0.2, 0.25) is 0 Å². The van der Waals surface area contributed by atoms with Gasteiger partial charge >= 0.3 is 0 Å². The van der Waals surface area contributed by atoms with Crippen molar-refractivity contribution < 1.29 is 9.47 Å². The third-order valence-electron chi connectivity index (χ3n) is 3.78. The zero-order chi connectivity index (χ0) is 14.8. The fraction of sp³-hybridized carbons (Fsp3) is 0.625. The van der Waals surface area contributed by atoms with Gasteiger partial charge in [0.05, 0.1) is 7.11 Å². The van der Waals surface area contributed by atoms with E-state index in [2.05, 4.69) is 25.4 Å². The van der Waals surface area contributed by atoms with Crippen molar-refractivity contribution in [2.24, 2.45) is 0 Å². The van der Waals surface area contributed by atoms with Crippen molar-refractivity contribution in [1.82, 2.24) is 5.32 Å². The summed E-state index contributed by atoms with van der Waals surface area (Å²) in [5.74, 6) is 1.74. The van der Waals surface area contributed by atoms with E-state index in [-0.39, 0.29) is 0 Å². The predicted octanol–water partition coefficient (Wildman–Crippen LogP) is 3.59. The molecule has 0 saturated heterocycles. The number of methoxy groups -OCH3 is 1. The van der Waals surface area contributed by atoms with Gasteiger partial charge in [-0.1, -0.05) is 13.8 Å². The number of benzene rings is 1. The lowest BCUT2D eigenvalue weighted by atomic mass is 10.0. The smallest absolute Gasteiger partial charge is 0.119 e. The fourth-order valence-corrected chi connectivity index (χ4v) is 2.91. The second-order valence-corrected chi connectivity index (χ2v) is 6.07. The van der Waals surface area contributed by atoms with Crippen molar-refractivity contribution in [2.75, 3.05) is 33.1 Å². The van der Waals surface area contributed by atoms with Gasteiger partial charge in [0.1, 0.15) is 18.1 Å². The molecule has 0 heterocycles. The van der Waals surface area contributed by atoms with Crippen molar-refractivity contribution in [3.8, 4) is 11.5 Å². The van der Waals surface area contributed by atoms with Crippen LogP contribution in [0, 0.1) is 0 Å². The van der Waals surface area contributed by atoms with Crippen molar-refractivity contribution in [2.45, 2.75) is 31.4 Å². The first-order chi connectivity index (χ1) is 9.69. The number of rotatable bonds is 10. The largest absolute Gasteiger partial charge is 0.497 e. The van der Waals surface area contributed by atoms with Gasteiger partial charge in [0, 0.05) is 17.8 Å². The van der Waals surface area contributed by atoms with Crippen LogP contribution in [0.5, 0.6) is 11.5 Å². The average Bonchev–Trinajstić information content (AvgIpc) is 2.52. The maximum Gasteiger partial charge on any atom is 0.119 e. The first-order valence-electron chi connectivity index (χ1n) is 7.22. The summed E-state index contributed by atoms with van der Waals surface area (Å²) in [4.78, 5) is 0. The van der Waals surface area contributed by atoms with Gasteiger partial charge in [-0.15, -0.1) is 0 Å². The normalized spacial score (nSPS) is 11.4. The molecule has 0 radical (unpaired) electrons. The number of ether oxygens (including phenoxy) is 2. The minimum absolute atomic E-state index is 0.361. The number of nitrogens with one attached hydrogen (secondary N) is 1. The lowest BCUT2D eigenvalue weighted by Gasteiger charge is -2.30. The third kappa shape index (κ3) is 5.25. The Morgan fingerprint density at radius 1 is 1.10 bits per heavy atom. The van der Waals surface area contributed by atoms with Crippen molar-refractivity contribution in [3.05, 3.63) is 24.3 Å². The molecule has 0 unspecified atom stereocenters. The molecule has 1 aromatic carbocycles. The number of hydrogen-bond acceptors (Lipinski definition) is 4. The highest BCUT2D eigenvalue weighted by molar-refractivity contribution is 8.00. The van der Waals surface area contributed by atoms with Gasteiger partial charge in [0.2, 0.25) is 0 Å². The minimum Gasteiger partial charge on any atom is -0.497 e. The molecule has 0 aromatic heterocycles. The monoisotopic (exact) mass is 297 g/mol. The molecule has 1 N–H and O–H groups in total. The average molecular weight is 297 g/mol. The molecule has 4 heteroatoms. The van der Waals surface area contributed by atoms with Gasteiger partial charge in [-0.3, -0.25) is 0 Å². The Balaban J connectivity index is 2.24. The van der Waals surface area contributed by atoms with Crippen LogP contribution in [-0.2, 0) is 0 Å². The lowest BCUT2D eigenvalue weighted by Crippen LogP contribution is -2.38. The molecule has 0 aliphatic carbocycles. The maximum absolute atomic E-state index is 5.70. The minimum atomic E-state index is 0.361. The molecule has 1 aromatic rings. The Kier molecular flexibility index (Phi) is 7.85. The van der Waals surface area contributed by atoms with Crippen LogP contribution in [-0.4, -0.2) is 37.8 Å². The van der Waals surface area contributed by atoms with Gasteiger partial charge in [-0.05, 0) is 43.4 Å². The Morgan fingerprint density at radius 2 is 1.70 bits per heavy atom. The van der Waals surface area contributed by atoms with E-state index < -0.39 is 0 Å². The summed E-state index contributed by atoms with van der Waals surface area (Å²) in [6.07, 6.45) is 4.58. The third-order valence-corrected chi connectivity index (χ3v) is 5.36. The van der Waals surface area contributed by atoms with Crippen LogP contribution in [0.1, 0.15) is 26.7 Å². The molecule has 1 rings (SSSR count). The summed E-state index contributed by atoms with van der Waals surface area (Å²) in [5.41, 5.74) is 0. The van der Waals surface area contributed by atoms with E-state index in [1.807, 2.05) is 36.0 Å². The number of hydrogen-bond donors (Lipinski definition) is 1. The van der Waals surface area contributed by atoms with E-state index in [0.717, 1.165) is 24.6 Å². The topological polar surface area (TPSA) is 30.5 Å². The summed E-state index contributed by atoms with van der Waals surface area (Å²) in [6.45, 7) is 7.11. The van der Waals surface area contributed by atoms with E-state index >= 15 is 0 Å². The molecule has 0 amide bonds. The van der Waals surface area contributed by atoms with Gasteiger partial charge in [-0.2, -0.15) is 11.8 Å². The van der Waals surface area contributed by atoms with E-state index in [1.165, 1.54) is 12.8 Å². The quantitative estimate of drug-likeness (QED) is 0.669. The van der Waals surface area contributed by atoms with Crippen LogP contribution in [0.15, 0.2) is 24.3 Å². The van der Waals surface area contributed by atoms with E-state index in [1.54, 1.807) is 7.11 Å². The molecular formula is C16H27NO2S. The van der Waals surface area contributed by atoms with E-state index in [9.17, 15) is 0 Å². The Hall–Kier alpha value is -0.870. The molecule has 0 atom stereocenters. The molecule has 0 aliphatic heterocycles. The maximum atomic E-state index is 5.70. The Morgan fingerprint density at radius 3 is 2.20 bits per heavy atom. The number of thioether (sulfide) groups is 1. The molecular weight excluding hydrogens is 270 g/mol. The molecule has 3 nitrogen and oxygen atoms in total. The fourth-order valence-electron chi connectivity index (χ4n) is 2.09. The summed E-state index contributed by atoms with van der Waals surface area (Å²) >= 11 is 1.96. The highest BCUT2D eigenvalue weighted by atomic mass is 32.2.